The first kappa shape index (κ1) is 412. The van der Waals surface area contributed by atoms with E-state index in [9.17, 15) is 0 Å². The molecule has 0 amide bonds. The van der Waals surface area contributed by atoms with E-state index in [1.807, 2.05) is 0 Å². The summed E-state index contributed by atoms with van der Waals surface area (Å²) in [5, 5.41) is 0. The maximum atomic E-state index is 0. The third kappa shape index (κ3) is 183. The third-order valence-electron chi connectivity index (χ3n) is 0. The van der Waals surface area contributed by atoms with Gasteiger partial charge in [0.25, 0.3) is 0 Å². The van der Waals surface area contributed by atoms with Gasteiger partial charge in [0, 0.05) is 0 Å². The molecule has 0 saturated heterocycles. The SMILES string of the molecule is [Fe+3].[O-2].[O-2].[O-2].[O-2].[O-2].[Tc+7]. The van der Waals surface area contributed by atoms with Gasteiger partial charge >= 0.3 is 37.2 Å². The van der Waals surface area contributed by atoms with Crippen molar-refractivity contribution in [2.45, 2.75) is 0 Å². The van der Waals surface area contributed by atoms with Gasteiger partial charge < -0.3 is 27.4 Å². The van der Waals surface area contributed by atoms with E-state index in [0.29, 0.717) is 0 Å². The van der Waals surface area contributed by atoms with Crippen LogP contribution < -0.4 is 0 Å². The number of hydrogen-bond donors (Lipinski definition) is 0. The van der Waals surface area contributed by atoms with Crippen molar-refractivity contribution >= 4 is 0 Å². The van der Waals surface area contributed by atoms with Crippen molar-refractivity contribution in [3.63, 3.8) is 0 Å². The molecule has 0 rings (SSSR count). The molecular weight excluding hydrogens is 234 g/mol. The zero-order valence-electron chi connectivity index (χ0n) is 2.77. The molecule has 0 aromatic heterocycles. The van der Waals surface area contributed by atoms with Crippen LogP contribution in [0.3, 0.4) is 0 Å². The van der Waals surface area contributed by atoms with Crippen molar-refractivity contribution in [1.82, 2.24) is 0 Å². The van der Waals surface area contributed by atoms with Gasteiger partial charge in [-0.15, -0.1) is 0 Å². The van der Waals surface area contributed by atoms with Crippen molar-refractivity contribution < 1.29 is 64.6 Å². The molecule has 0 aromatic rings. The Kier molecular flexibility index (Phi) is 15600. The van der Waals surface area contributed by atoms with Gasteiger partial charge in [-0.2, -0.15) is 0 Å². The van der Waals surface area contributed by atoms with E-state index in [4.69, 9.17) is 0 Å². The van der Waals surface area contributed by atoms with Crippen LogP contribution in [0.15, 0.2) is 0 Å². The molecule has 1 radical (unpaired) electrons. The predicted molar refractivity (Wildman–Crippen MR) is 3.43 cm³/mol. The fourth-order valence-corrected chi connectivity index (χ4v) is 0. The molecule has 0 aliphatic carbocycles. The molecule has 0 aromatic carbocycles. The summed E-state index contributed by atoms with van der Waals surface area (Å²) in [6.07, 6.45) is 0. The second kappa shape index (κ2) is 265. The fraction of sp³-hybridized carbons (Fsp3) is 0. The maximum Gasteiger partial charge on any atom is 7.00 e. The summed E-state index contributed by atoms with van der Waals surface area (Å²) in [5.41, 5.74) is 0. The monoisotopic (exact) mass is 233 g/mol. The molecular formula is FeO5Tc. The Balaban J connectivity index is 0. The molecule has 7 heavy (non-hydrogen) atoms. The first-order valence-electron chi connectivity index (χ1n) is 0. The first-order chi connectivity index (χ1) is 0. The van der Waals surface area contributed by atoms with Crippen molar-refractivity contribution in [2.75, 3.05) is 0 Å². The van der Waals surface area contributed by atoms with Crippen LogP contribution in [-0.4, -0.2) is 0 Å². The summed E-state index contributed by atoms with van der Waals surface area (Å²) in [7, 11) is 0. The summed E-state index contributed by atoms with van der Waals surface area (Å²) in [6, 6.07) is 0. The Morgan fingerprint density at radius 1 is 0.429 bits per heavy atom. The van der Waals surface area contributed by atoms with Gasteiger partial charge in [0.2, 0.25) is 0 Å². The van der Waals surface area contributed by atoms with E-state index in [1.165, 1.54) is 0 Å². The van der Waals surface area contributed by atoms with Crippen LogP contribution in [0.1, 0.15) is 0 Å². The van der Waals surface area contributed by atoms with Crippen molar-refractivity contribution in [1.29, 1.82) is 0 Å². The Morgan fingerprint density at radius 2 is 0.429 bits per heavy atom. The van der Waals surface area contributed by atoms with Crippen LogP contribution in [0, 0.1) is 0 Å². The second-order valence-electron chi connectivity index (χ2n) is 0. The Bertz CT molecular complexity index is 8.04. The van der Waals surface area contributed by atoms with E-state index < -0.39 is 0 Å². The Morgan fingerprint density at radius 3 is 0.429 bits per heavy atom. The molecule has 0 heterocycles. The van der Waals surface area contributed by atoms with Crippen LogP contribution >= 0.6 is 0 Å². The summed E-state index contributed by atoms with van der Waals surface area (Å²) in [5.74, 6) is 0. The molecule has 0 unspecified atom stereocenters. The molecule has 0 fully saturated rings. The summed E-state index contributed by atoms with van der Waals surface area (Å²) >= 11 is 0. The zero-order valence-corrected chi connectivity index (χ0v) is 5.74. The largest absolute Gasteiger partial charge is 7.00 e. The van der Waals surface area contributed by atoms with Gasteiger partial charge in [-0.05, 0) is 0 Å². The molecule has 0 aliphatic rings. The molecule has 45 valence electrons. The third-order valence-corrected chi connectivity index (χ3v) is 0. The van der Waals surface area contributed by atoms with E-state index >= 15 is 0 Å². The first-order valence-corrected chi connectivity index (χ1v) is 0. The quantitative estimate of drug-likeness (QED) is 0.493. The second-order valence-corrected chi connectivity index (χ2v) is 0. The molecule has 7 heteroatoms. The van der Waals surface area contributed by atoms with Gasteiger partial charge in [-0.25, -0.2) is 0 Å². The van der Waals surface area contributed by atoms with Crippen LogP contribution in [0.2, 0.25) is 0 Å². The maximum absolute atomic E-state index is 0. The zero-order chi connectivity index (χ0) is 0. The minimum absolute atomic E-state index is 0. The predicted octanol–water partition coefficient (Wildman–Crippen LogP) is -0.599. The number of hydrogen-bond acceptors (Lipinski definition) is 0. The van der Waals surface area contributed by atoms with E-state index in [2.05, 4.69) is 0 Å². The average Bonchev–Trinajstić information content (AvgIpc) is 0. The van der Waals surface area contributed by atoms with Crippen molar-refractivity contribution in [3.8, 4) is 0 Å². The minimum Gasteiger partial charge on any atom is -2.00 e. The average molecular weight is 234 g/mol. The van der Waals surface area contributed by atoms with Crippen molar-refractivity contribution in [3.05, 3.63) is 0 Å². The van der Waals surface area contributed by atoms with Gasteiger partial charge in [0.05, 0.1) is 0 Å². The van der Waals surface area contributed by atoms with Crippen LogP contribution in [0.4, 0.5) is 0 Å². The number of rotatable bonds is 0. The molecule has 0 aliphatic heterocycles. The van der Waals surface area contributed by atoms with Crippen LogP contribution in [-0.2, 0) is 64.6 Å². The van der Waals surface area contributed by atoms with Gasteiger partial charge in [-0.1, -0.05) is 0 Å². The molecule has 0 N–H and O–H groups in total. The van der Waals surface area contributed by atoms with Gasteiger partial charge in [0.15, 0.2) is 0 Å². The van der Waals surface area contributed by atoms with E-state index in [-0.39, 0.29) is 64.6 Å². The fourth-order valence-electron chi connectivity index (χ4n) is 0. The summed E-state index contributed by atoms with van der Waals surface area (Å²) in [4.78, 5) is 0. The summed E-state index contributed by atoms with van der Waals surface area (Å²) < 4.78 is 0. The van der Waals surface area contributed by atoms with Crippen molar-refractivity contribution in [2.24, 2.45) is 0 Å². The standard InChI is InChI=1S/Fe.5O.Tc/q+3;5*-2;+7. The van der Waals surface area contributed by atoms with Gasteiger partial charge in [0.1, 0.15) is 0 Å². The topological polar surface area (TPSA) is 142 Å². The summed E-state index contributed by atoms with van der Waals surface area (Å²) in [6.45, 7) is 0. The minimum atomic E-state index is 0. The molecule has 0 atom stereocenters. The molecule has 0 saturated carbocycles. The van der Waals surface area contributed by atoms with E-state index in [0.717, 1.165) is 0 Å². The smallest absolute Gasteiger partial charge is 2.00 e. The molecule has 0 bridgehead atoms. The van der Waals surface area contributed by atoms with Gasteiger partial charge in [-0.3, -0.25) is 0 Å². The Hall–Kier alpha value is 0.969. The normalized spacial score (nSPS) is 0. The molecule has 5 nitrogen and oxygen atoms in total. The Labute approximate surface area is 64.8 Å². The van der Waals surface area contributed by atoms with Crippen LogP contribution in [0.25, 0.3) is 0 Å². The molecule has 0 spiro atoms. The van der Waals surface area contributed by atoms with Crippen LogP contribution in [0.5, 0.6) is 0 Å². The van der Waals surface area contributed by atoms with E-state index in [1.54, 1.807) is 0 Å².